The van der Waals surface area contributed by atoms with E-state index in [0.29, 0.717) is 5.69 Å². The summed E-state index contributed by atoms with van der Waals surface area (Å²) in [5, 5.41) is 20.6. The van der Waals surface area contributed by atoms with Gasteiger partial charge in [-0.05, 0) is 24.5 Å². The van der Waals surface area contributed by atoms with Gasteiger partial charge in [-0.1, -0.05) is 35.5 Å². The molecule has 1 amide bonds. The summed E-state index contributed by atoms with van der Waals surface area (Å²) >= 11 is 1.52. The number of aliphatic hydroxyl groups is 1. The van der Waals surface area contributed by atoms with Crippen LogP contribution in [0.25, 0.3) is 0 Å². The zero-order valence-corrected chi connectivity index (χ0v) is 14.8. The molecule has 8 heteroatoms. The number of amides is 1. The van der Waals surface area contributed by atoms with Crippen LogP contribution in [0.1, 0.15) is 22.2 Å². The van der Waals surface area contributed by atoms with E-state index in [1.54, 1.807) is 18.2 Å². The summed E-state index contributed by atoms with van der Waals surface area (Å²) in [4.78, 5) is 13.3. The van der Waals surface area contributed by atoms with Crippen LogP contribution >= 0.6 is 11.8 Å². The molecule has 0 radical (unpaired) electrons. The largest absolute Gasteiger partial charge is 0.386 e. The smallest absolute Gasteiger partial charge is 0.277 e. The summed E-state index contributed by atoms with van der Waals surface area (Å²) in [6.07, 6.45) is 2.25. The summed E-state index contributed by atoms with van der Waals surface area (Å²) in [5.74, 6) is -0.898. The first kappa shape index (κ1) is 18.1. The molecule has 1 aromatic heterocycles. The summed E-state index contributed by atoms with van der Waals surface area (Å²) in [5.41, 5.74) is 0.968. The minimum atomic E-state index is -1.09. The van der Waals surface area contributed by atoms with E-state index >= 15 is 0 Å². The van der Waals surface area contributed by atoms with E-state index in [1.165, 1.54) is 34.8 Å². The second-order valence-corrected chi connectivity index (χ2v) is 6.37. The van der Waals surface area contributed by atoms with Crippen molar-refractivity contribution in [3.8, 4) is 0 Å². The van der Waals surface area contributed by atoms with Gasteiger partial charge in [-0.15, -0.1) is 16.9 Å². The molecule has 0 aliphatic rings. The number of nitrogens with zero attached hydrogens (tertiary/aromatic N) is 3. The predicted octanol–water partition coefficient (Wildman–Crippen LogP) is 3.13. The van der Waals surface area contributed by atoms with Gasteiger partial charge in [0.05, 0.1) is 18.4 Å². The van der Waals surface area contributed by atoms with Crippen LogP contribution in [0.15, 0.2) is 59.6 Å². The fraction of sp³-hybridized carbons (Fsp3) is 0.167. The van der Waals surface area contributed by atoms with E-state index in [-0.39, 0.29) is 17.8 Å². The van der Waals surface area contributed by atoms with Crippen LogP contribution in [0.3, 0.4) is 0 Å². The van der Waals surface area contributed by atoms with Gasteiger partial charge in [-0.2, -0.15) is 0 Å². The van der Waals surface area contributed by atoms with Crippen LogP contribution in [-0.4, -0.2) is 32.3 Å². The highest BCUT2D eigenvalue weighted by Crippen LogP contribution is 2.25. The molecule has 0 saturated carbocycles. The molecule has 1 heterocycles. The lowest BCUT2D eigenvalue weighted by molar-refractivity contribution is 0.102. The van der Waals surface area contributed by atoms with Gasteiger partial charge in [-0.25, -0.2) is 9.07 Å². The number of aliphatic hydroxyl groups excluding tert-OH is 1. The average molecular weight is 372 g/mol. The van der Waals surface area contributed by atoms with Crippen LogP contribution in [0, 0.1) is 5.82 Å². The molecule has 2 N–H and O–H groups in total. The van der Waals surface area contributed by atoms with Gasteiger partial charge >= 0.3 is 0 Å². The molecule has 3 rings (SSSR count). The molecular formula is C18H17FN4O2S. The monoisotopic (exact) mass is 372 g/mol. The molecule has 0 bridgehead atoms. The zero-order valence-electron chi connectivity index (χ0n) is 14.0. The van der Waals surface area contributed by atoms with Gasteiger partial charge in [0.15, 0.2) is 5.69 Å². The average Bonchev–Trinajstić information content (AvgIpc) is 3.11. The van der Waals surface area contributed by atoms with Gasteiger partial charge in [0, 0.05) is 10.5 Å². The summed E-state index contributed by atoms with van der Waals surface area (Å²) in [6.45, 7) is -0.0113. The number of rotatable bonds is 6. The molecule has 3 aromatic rings. The molecule has 0 fully saturated rings. The molecule has 26 heavy (non-hydrogen) atoms. The Morgan fingerprint density at radius 1 is 1.27 bits per heavy atom. The molecule has 0 spiro atoms. The molecule has 0 aliphatic carbocycles. The Morgan fingerprint density at radius 2 is 2.00 bits per heavy atom. The topological polar surface area (TPSA) is 80.0 Å². The third-order valence-corrected chi connectivity index (χ3v) is 4.55. The summed E-state index contributed by atoms with van der Waals surface area (Å²) in [6, 6.07) is 13.4. The van der Waals surface area contributed by atoms with Crippen molar-refractivity contribution in [2.24, 2.45) is 0 Å². The Labute approximate surface area is 154 Å². The summed E-state index contributed by atoms with van der Waals surface area (Å²) in [7, 11) is 0. The molecular weight excluding hydrogens is 355 g/mol. The molecule has 0 unspecified atom stereocenters. The van der Waals surface area contributed by atoms with E-state index in [4.69, 9.17) is 0 Å². The van der Waals surface area contributed by atoms with Gasteiger partial charge in [0.1, 0.15) is 11.9 Å². The highest BCUT2D eigenvalue weighted by atomic mass is 32.2. The maximum Gasteiger partial charge on any atom is 0.277 e. The van der Waals surface area contributed by atoms with Crippen molar-refractivity contribution in [1.82, 2.24) is 15.0 Å². The van der Waals surface area contributed by atoms with Crippen molar-refractivity contribution < 1.29 is 14.3 Å². The third-order valence-electron chi connectivity index (χ3n) is 3.75. The van der Waals surface area contributed by atoms with Crippen molar-refractivity contribution in [3.63, 3.8) is 0 Å². The van der Waals surface area contributed by atoms with Crippen LogP contribution in [-0.2, 0) is 6.54 Å². The van der Waals surface area contributed by atoms with E-state index in [0.717, 1.165) is 4.90 Å². The minimum absolute atomic E-state index is 0.0113. The Bertz CT molecular complexity index is 915. The first-order valence-electron chi connectivity index (χ1n) is 7.85. The Hall–Kier alpha value is -2.71. The molecule has 0 saturated heterocycles. The van der Waals surface area contributed by atoms with Crippen molar-refractivity contribution >= 4 is 23.4 Å². The lowest BCUT2D eigenvalue weighted by atomic mass is 10.1. The fourth-order valence-corrected chi connectivity index (χ4v) is 3.00. The highest BCUT2D eigenvalue weighted by molar-refractivity contribution is 7.98. The molecule has 6 nitrogen and oxygen atoms in total. The Balaban J connectivity index is 1.69. The number of halogens is 1. The number of benzene rings is 2. The van der Waals surface area contributed by atoms with Crippen LogP contribution < -0.4 is 5.32 Å². The SMILES string of the molecule is CSc1ccccc1NC(=O)c1cn(C[C@H](O)c2ccccc2F)nn1. The van der Waals surface area contributed by atoms with Crippen molar-refractivity contribution in [1.29, 1.82) is 0 Å². The second-order valence-electron chi connectivity index (χ2n) is 5.52. The maximum absolute atomic E-state index is 13.7. The lowest BCUT2D eigenvalue weighted by Gasteiger charge is -2.11. The van der Waals surface area contributed by atoms with E-state index in [1.807, 2.05) is 24.5 Å². The first-order chi connectivity index (χ1) is 12.6. The van der Waals surface area contributed by atoms with Crippen molar-refractivity contribution in [2.45, 2.75) is 17.5 Å². The lowest BCUT2D eigenvalue weighted by Crippen LogP contribution is -2.13. The number of hydrogen-bond acceptors (Lipinski definition) is 5. The molecule has 134 valence electrons. The number of hydrogen-bond donors (Lipinski definition) is 2. The van der Waals surface area contributed by atoms with Crippen LogP contribution in [0.5, 0.6) is 0 Å². The summed E-state index contributed by atoms with van der Waals surface area (Å²) < 4.78 is 15.0. The van der Waals surface area contributed by atoms with Crippen molar-refractivity contribution in [2.75, 3.05) is 11.6 Å². The normalized spacial score (nSPS) is 12.0. The highest BCUT2D eigenvalue weighted by Gasteiger charge is 2.16. The number of anilines is 1. The number of thioether (sulfide) groups is 1. The van der Waals surface area contributed by atoms with E-state index < -0.39 is 17.8 Å². The fourth-order valence-electron chi connectivity index (χ4n) is 2.45. The molecule has 2 aromatic carbocycles. The molecule has 0 aliphatic heterocycles. The standard InChI is InChI=1S/C18H17FN4O2S/c1-26-17-9-5-4-8-14(17)20-18(25)15-10-23(22-21-15)11-16(24)12-6-2-3-7-13(12)19/h2-10,16,24H,11H2,1H3,(H,20,25)/t16-/m0/s1. The number of aromatic nitrogens is 3. The number of nitrogens with one attached hydrogen (secondary N) is 1. The van der Waals surface area contributed by atoms with Gasteiger partial charge in [0.2, 0.25) is 0 Å². The van der Waals surface area contributed by atoms with Crippen molar-refractivity contribution in [3.05, 3.63) is 71.8 Å². The van der Waals surface area contributed by atoms with E-state index in [2.05, 4.69) is 15.6 Å². The van der Waals surface area contributed by atoms with Gasteiger partial charge < -0.3 is 10.4 Å². The predicted molar refractivity (Wildman–Crippen MR) is 97.6 cm³/mol. The van der Waals surface area contributed by atoms with Crippen LogP contribution in [0.2, 0.25) is 0 Å². The molecule has 1 atom stereocenters. The number of carbonyl (C=O) groups is 1. The zero-order chi connectivity index (χ0) is 18.5. The van der Waals surface area contributed by atoms with E-state index in [9.17, 15) is 14.3 Å². The maximum atomic E-state index is 13.7. The number of para-hydroxylation sites is 1. The van der Waals surface area contributed by atoms with Crippen LogP contribution in [0.4, 0.5) is 10.1 Å². The quantitative estimate of drug-likeness (QED) is 0.650. The second kappa shape index (κ2) is 8.11. The van der Waals surface area contributed by atoms with Gasteiger partial charge in [-0.3, -0.25) is 4.79 Å². The Kier molecular flexibility index (Phi) is 5.65. The number of carbonyl (C=O) groups excluding carboxylic acids is 1. The first-order valence-corrected chi connectivity index (χ1v) is 9.08. The minimum Gasteiger partial charge on any atom is -0.386 e. The van der Waals surface area contributed by atoms with Gasteiger partial charge in [0.25, 0.3) is 5.91 Å². The Morgan fingerprint density at radius 3 is 2.77 bits per heavy atom. The third kappa shape index (κ3) is 4.09.